The number of ether oxygens (including phenoxy) is 1. The Balaban J connectivity index is 1.69. The molecule has 0 saturated carbocycles. The Bertz CT molecular complexity index is 745. The van der Waals surface area contributed by atoms with Gasteiger partial charge in [0.2, 0.25) is 0 Å². The van der Waals surface area contributed by atoms with Crippen molar-refractivity contribution in [1.82, 2.24) is 10.2 Å². The SMILES string of the molecule is COC(=O)c1coc(CNc2ccc3[nH]ncc3c2)c1. The van der Waals surface area contributed by atoms with E-state index in [1.807, 2.05) is 18.2 Å². The average Bonchev–Trinajstić information content (AvgIpc) is 3.12. The number of nitrogens with one attached hydrogen (secondary N) is 2. The van der Waals surface area contributed by atoms with Gasteiger partial charge in [0.05, 0.1) is 30.9 Å². The highest BCUT2D eigenvalue weighted by Gasteiger charge is 2.09. The Morgan fingerprint density at radius 1 is 1.45 bits per heavy atom. The summed E-state index contributed by atoms with van der Waals surface area (Å²) in [5, 5.41) is 11.1. The molecule has 1 aromatic carbocycles. The summed E-state index contributed by atoms with van der Waals surface area (Å²) in [5.74, 6) is 0.262. The summed E-state index contributed by atoms with van der Waals surface area (Å²) >= 11 is 0. The van der Waals surface area contributed by atoms with Crippen LogP contribution in [-0.2, 0) is 11.3 Å². The van der Waals surface area contributed by atoms with Gasteiger partial charge in [-0.25, -0.2) is 4.79 Å². The van der Waals surface area contributed by atoms with E-state index in [4.69, 9.17) is 4.42 Å². The van der Waals surface area contributed by atoms with Crippen LogP contribution in [0.15, 0.2) is 41.1 Å². The van der Waals surface area contributed by atoms with E-state index in [0.29, 0.717) is 17.9 Å². The zero-order valence-electron chi connectivity index (χ0n) is 10.8. The molecule has 2 aromatic heterocycles. The van der Waals surface area contributed by atoms with Crippen molar-refractivity contribution < 1.29 is 13.9 Å². The van der Waals surface area contributed by atoms with Crippen molar-refractivity contribution in [3.63, 3.8) is 0 Å². The topological polar surface area (TPSA) is 80.1 Å². The maximum Gasteiger partial charge on any atom is 0.341 e. The van der Waals surface area contributed by atoms with E-state index in [1.54, 1.807) is 12.3 Å². The summed E-state index contributed by atoms with van der Waals surface area (Å²) in [6, 6.07) is 7.55. The lowest BCUT2D eigenvalue weighted by atomic mass is 10.2. The molecule has 0 atom stereocenters. The minimum absolute atomic E-state index is 0.403. The van der Waals surface area contributed by atoms with Crippen molar-refractivity contribution in [2.75, 3.05) is 12.4 Å². The maximum atomic E-state index is 11.3. The first-order chi connectivity index (χ1) is 9.76. The number of hydrogen-bond donors (Lipinski definition) is 2. The van der Waals surface area contributed by atoms with Gasteiger partial charge >= 0.3 is 5.97 Å². The van der Waals surface area contributed by atoms with Crippen LogP contribution in [0.25, 0.3) is 10.9 Å². The highest BCUT2D eigenvalue weighted by Crippen LogP contribution is 2.18. The average molecular weight is 271 g/mol. The van der Waals surface area contributed by atoms with Crippen molar-refractivity contribution in [2.24, 2.45) is 0 Å². The number of aromatic amines is 1. The van der Waals surface area contributed by atoms with Gasteiger partial charge in [-0.15, -0.1) is 0 Å². The number of H-pyrrole nitrogens is 1. The number of nitrogens with zero attached hydrogens (tertiary/aromatic N) is 1. The molecular weight excluding hydrogens is 258 g/mol. The Morgan fingerprint density at radius 3 is 3.20 bits per heavy atom. The van der Waals surface area contributed by atoms with E-state index >= 15 is 0 Å². The predicted octanol–water partition coefficient (Wildman–Crippen LogP) is 2.55. The summed E-state index contributed by atoms with van der Waals surface area (Å²) in [6.45, 7) is 0.486. The van der Waals surface area contributed by atoms with Crippen molar-refractivity contribution >= 4 is 22.6 Å². The fourth-order valence-electron chi connectivity index (χ4n) is 1.94. The second kappa shape index (κ2) is 5.08. The number of carbonyl (C=O) groups excluding carboxylic acids is 1. The summed E-state index contributed by atoms with van der Waals surface area (Å²) in [4.78, 5) is 11.3. The Morgan fingerprint density at radius 2 is 2.35 bits per heavy atom. The van der Waals surface area contributed by atoms with Crippen LogP contribution in [0.3, 0.4) is 0 Å². The molecule has 0 spiro atoms. The zero-order chi connectivity index (χ0) is 13.9. The lowest BCUT2D eigenvalue weighted by Gasteiger charge is -2.03. The molecule has 0 radical (unpaired) electrons. The molecule has 0 aliphatic heterocycles. The van der Waals surface area contributed by atoms with E-state index < -0.39 is 5.97 Å². The van der Waals surface area contributed by atoms with Crippen LogP contribution in [0.4, 0.5) is 5.69 Å². The number of rotatable bonds is 4. The number of aromatic nitrogens is 2. The fourth-order valence-corrected chi connectivity index (χ4v) is 1.94. The van der Waals surface area contributed by atoms with Crippen LogP contribution in [0.2, 0.25) is 0 Å². The molecule has 2 N–H and O–H groups in total. The summed E-state index contributed by atoms with van der Waals surface area (Å²) < 4.78 is 9.92. The van der Waals surface area contributed by atoms with Gasteiger partial charge < -0.3 is 14.5 Å². The van der Waals surface area contributed by atoms with E-state index in [9.17, 15) is 4.79 Å². The zero-order valence-corrected chi connectivity index (χ0v) is 10.8. The highest BCUT2D eigenvalue weighted by atomic mass is 16.5. The van der Waals surface area contributed by atoms with E-state index in [0.717, 1.165) is 16.6 Å². The molecule has 0 unspecified atom stereocenters. The van der Waals surface area contributed by atoms with Gasteiger partial charge in [-0.3, -0.25) is 5.10 Å². The number of methoxy groups -OCH3 is 1. The lowest BCUT2D eigenvalue weighted by Crippen LogP contribution is -2.00. The third-order valence-corrected chi connectivity index (χ3v) is 2.98. The molecule has 0 bridgehead atoms. The van der Waals surface area contributed by atoms with Crippen molar-refractivity contribution in [2.45, 2.75) is 6.54 Å². The molecule has 2 heterocycles. The molecule has 3 rings (SSSR count). The Hall–Kier alpha value is -2.76. The number of fused-ring (bicyclic) bond motifs is 1. The first-order valence-corrected chi connectivity index (χ1v) is 6.09. The molecule has 0 fully saturated rings. The van der Waals surface area contributed by atoms with Gasteiger partial charge in [-0.2, -0.15) is 5.10 Å². The number of anilines is 1. The van der Waals surface area contributed by atoms with E-state index in [-0.39, 0.29) is 0 Å². The van der Waals surface area contributed by atoms with Crippen LogP contribution in [-0.4, -0.2) is 23.3 Å². The normalized spacial score (nSPS) is 10.7. The number of furan rings is 1. The minimum atomic E-state index is -0.403. The first kappa shape index (κ1) is 12.3. The van der Waals surface area contributed by atoms with E-state index in [2.05, 4.69) is 20.3 Å². The van der Waals surface area contributed by atoms with Crippen molar-refractivity contribution in [3.8, 4) is 0 Å². The van der Waals surface area contributed by atoms with Crippen molar-refractivity contribution in [1.29, 1.82) is 0 Å². The molecule has 6 nitrogen and oxygen atoms in total. The standard InChI is InChI=1S/C14H13N3O3/c1-19-14(18)10-5-12(20-8-10)7-15-11-2-3-13-9(4-11)6-16-17-13/h2-6,8,15H,7H2,1H3,(H,16,17). The summed E-state index contributed by atoms with van der Waals surface area (Å²) in [6.07, 6.45) is 3.16. The van der Waals surface area contributed by atoms with Gasteiger partial charge in [0.25, 0.3) is 0 Å². The molecule has 102 valence electrons. The van der Waals surface area contributed by atoms with Gasteiger partial charge in [0.15, 0.2) is 0 Å². The van der Waals surface area contributed by atoms with Crippen LogP contribution >= 0.6 is 0 Å². The summed E-state index contributed by atoms with van der Waals surface area (Å²) in [7, 11) is 1.34. The number of esters is 1. The van der Waals surface area contributed by atoms with Gasteiger partial charge in [-0.1, -0.05) is 0 Å². The number of benzene rings is 1. The third-order valence-electron chi connectivity index (χ3n) is 2.98. The van der Waals surface area contributed by atoms with E-state index in [1.165, 1.54) is 13.4 Å². The summed E-state index contributed by atoms with van der Waals surface area (Å²) in [5.41, 5.74) is 2.35. The predicted molar refractivity (Wildman–Crippen MR) is 73.5 cm³/mol. The molecule has 0 aliphatic rings. The smallest absolute Gasteiger partial charge is 0.341 e. The van der Waals surface area contributed by atoms with Gasteiger partial charge in [-0.05, 0) is 24.3 Å². The van der Waals surface area contributed by atoms with Crippen LogP contribution in [0.5, 0.6) is 0 Å². The molecular formula is C14H13N3O3. The molecule has 0 amide bonds. The second-order valence-electron chi connectivity index (χ2n) is 4.32. The largest absolute Gasteiger partial charge is 0.467 e. The molecule has 20 heavy (non-hydrogen) atoms. The van der Waals surface area contributed by atoms with Gasteiger partial charge in [0.1, 0.15) is 12.0 Å². The number of hydrogen-bond acceptors (Lipinski definition) is 5. The second-order valence-corrected chi connectivity index (χ2v) is 4.32. The van der Waals surface area contributed by atoms with Crippen LogP contribution in [0, 0.1) is 0 Å². The molecule has 6 heteroatoms. The quantitative estimate of drug-likeness (QED) is 0.713. The molecule has 0 saturated heterocycles. The van der Waals surface area contributed by atoms with Crippen LogP contribution < -0.4 is 5.32 Å². The van der Waals surface area contributed by atoms with Crippen molar-refractivity contribution in [3.05, 3.63) is 48.0 Å². The molecule has 0 aliphatic carbocycles. The monoisotopic (exact) mass is 271 g/mol. The molecule has 3 aromatic rings. The van der Waals surface area contributed by atoms with Gasteiger partial charge in [0, 0.05) is 11.1 Å². The van der Waals surface area contributed by atoms with Crippen LogP contribution in [0.1, 0.15) is 16.1 Å². The lowest BCUT2D eigenvalue weighted by molar-refractivity contribution is 0.0600. The first-order valence-electron chi connectivity index (χ1n) is 6.09. The minimum Gasteiger partial charge on any atom is -0.467 e. The Kier molecular flexibility index (Phi) is 3.12. The number of carbonyl (C=O) groups is 1. The Labute approximate surface area is 114 Å². The highest BCUT2D eigenvalue weighted by molar-refractivity contribution is 5.89. The fraction of sp³-hybridized carbons (Fsp3) is 0.143. The third kappa shape index (κ3) is 2.35. The maximum absolute atomic E-state index is 11.3.